The number of rotatable bonds is 0. The van der Waals surface area contributed by atoms with Crippen LogP contribution in [0.1, 0.15) is 0 Å². The van der Waals surface area contributed by atoms with Gasteiger partial charge in [-0.25, -0.2) is 0 Å². The first kappa shape index (κ1) is 15.7. The maximum absolute atomic E-state index is 2.34. The van der Waals surface area contributed by atoms with E-state index in [0.29, 0.717) is 0 Å². The monoisotopic (exact) mass is 506 g/mol. The van der Waals surface area contributed by atoms with Gasteiger partial charge >= 0.3 is 80.2 Å². The SMILES string of the molecule is I.[BiH3].[K][I]. The van der Waals surface area contributed by atoms with Crippen molar-refractivity contribution in [3.05, 3.63) is 0 Å². The van der Waals surface area contributed by atoms with Crippen molar-refractivity contribution in [2.45, 2.75) is 0 Å². The van der Waals surface area contributed by atoms with Crippen LogP contribution in [0.3, 0.4) is 0 Å². The Labute approximate surface area is 100 Å². The van der Waals surface area contributed by atoms with Crippen molar-refractivity contribution in [3.63, 3.8) is 0 Å². The molecule has 0 unspecified atom stereocenters. The van der Waals surface area contributed by atoms with E-state index in [4.69, 9.17) is 0 Å². The molecular formula is H4BiI2K. The van der Waals surface area contributed by atoms with Crippen LogP contribution in [-0.2, 0) is 0 Å². The zero-order chi connectivity index (χ0) is 2.00. The first-order valence-electron chi connectivity index (χ1n) is 0.378. The molecule has 0 saturated heterocycles. The Morgan fingerprint density at radius 2 is 1.25 bits per heavy atom. The Kier molecular flexibility index (Phi) is 61.8. The molecule has 0 radical (unpaired) electrons. The summed E-state index contributed by atoms with van der Waals surface area (Å²) >= 11 is 3.37. The standard InChI is InChI=1S/Bi.2HI.K.3H/h;2*1H;;;;/q;;;+1;;;/p-1. The molecular weight excluding hydrogens is 502 g/mol. The molecule has 0 heterocycles. The molecule has 0 spiro atoms. The third kappa shape index (κ3) is 9.36. The molecule has 4 heteroatoms. The summed E-state index contributed by atoms with van der Waals surface area (Å²) in [5.74, 6) is 0. The summed E-state index contributed by atoms with van der Waals surface area (Å²) in [7, 11) is 0. The fourth-order valence-electron chi connectivity index (χ4n) is 0. The van der Waals surface area contributed by atoms with Crippen LogP contribution in [0.5, 0.6) is 0 Å². The normalized spacial score (nSPS) is 1.75. The number of halogens is 2. The van der Waals surface area contributed by atoms with Crippen molar-refractivity contribution >= 4 is 104 Å². The molecule has 24 valence electrons. The van der Waals surface area contributed by atoms with E-state index >= 15 is 0 Å². The third-order valence-electron chi connectivity index (χ3n) is 0. The first-order valence-corrected chi connectivity index (χ1v) is 10.5. The summed E-state index contributed by atoms with van der Waals surface area (Å²) in [4.78, 5) is 0. The van der Waals surface area contributed by atoms with E-state index in [1.807, 2.05) is 0 Å². The van der Waals surface area contributed by atoms with Crippen LogP contribution < -0.4 is 0 Å². The average molecular weight is 506 g/mol. The summed E-state index contributed by atoms with van der Waals surface area (Å²) < 4.78 is 0. The molecule has 0 aromatic rings. The molecule has 0 atom stereocenters. The van der Waals surface area contributed by atoms with E-state index in [9.17, 15) is 0 Å². The fourth-order valence-corrected chi connectivity index (χ4v) is 0. The molecule has 0 N–H and O–H groups in total. The van der Waals surface area contributed by atoms with E-state index in [1.165, 1.54) is 0 Å². The second-order valence-corrected chi connectivity index (χ2v) is 0. The predicted octanol–water partition coefficient (Wildman–Crippen LogP) is -0.0610. The first-order chi connectivity index (χ1) is 1.00. The molecule has 0 fully saturated rings. The van der Waals surface area contributed by atoms with Crippen LogP contribution in [0.15, 0.2) is 0 Å². The van der Waals surface area contributed by atoms with Gasteiger partial charge in [-0.2, -0.15) is 0 Å². The Balaban J connectivity index is -0.00000000500. The average Bonchev–Trinajstić information content (AvgIpc) is 1.00. The summed E-state index contributed by atoms with van der Waals surface area (Å²) in [5.41, 5.74) is 0. The molecule has 0 aliphatic carbocycles. The van der Waals surface area contributed by atoms with Gasteiger partial charge in [-0.1, -0.05) is 0 Å². The van der Waals surface area contributed by atoms with Crippen LogP contribution in [0, 0.1) is 0 Å². The van der Waals surface area contributed by atoms with E-state index in [-0.39, 0.29) is 50.2 Å². The summed E-state index contributed by atoms with van der Waals surface area (Å²) in [6.45, 7) is 0. The van der Waals surface area contributed by atoms with Gasteiger partial charge in [-0.15, -0.1) is 24.0 Å². The van der Waals surface area contributed by atoms with Gasteiger partial charge in [0.05, 0.1) is 0 Å². The van der Waals surface area contributed by atoms with Gasteiger partial charge < -0.3 is 0 Å². The Bertz CT molecular complexity index is 6.00. The van der Waals surface area contributed by atoms with Crippen LogP contribution in [-0.4, -0.2) is 68.9 Å². The van der Waals surface area contributed by atoms with E-state index in [0.717, 1.165) is 42.7 Å². The van der Waals surface area contributed by atoms with Gasteiger partial charge in [-0.3, -0.25) is 0 Å². The molecule has 0 saturated carbocycles. The van der Waals surface area contributed by atoms with Gasteiger partial charge in [0.1, 0.15) is 0 Å². The van der Waals surface area contributed by atoms with Gasteiger partial charge in [0.25, 0.3) is 0 Å². The Morgan fingerprint density at radius 1 is 1.25 bits per heavy atom. The molecule has 0 bridgehead atoms. The van der Waals surface area contributed by atoms with Gasteiger partial charge in [-0.05, 0) is 0 Å². The van der Waals surface area contributed by atoms with Crippen molar-refractivity contribution in [2.24, 2.45) is 0 Å². The topological polar surface area (TPSA) is 0 Å². The molecule has 0 rings (SSSR count). The zero-order valence-corrected chi connectivity index (χ0v) is 15.6. The molecule has 0 aliphatic heterocycles. The Morgan fingerprint density at radius 3 is 1.25 bits per heavy atom. The molecule has 4 heavy (non-hydrogen) atoms. The predicted molar refractivity (Wildman–Crippen MR) is 45.1 cm³/mol. The quantitative estimate of drug-likeness (QED) is 0.320. The Hall–Kier alpha value is 3.98. The molecule has 0 amide bonds. The van der Waals surface area contributed by atoms with Crippen molar-refractivity contribution < 1.29 is 0 Å². The van der Waals surface area contributed by atoms with Crippen molar-refractivity contribution in [3.8, 4) is 0 Å². The second-order valence-electron chi connectivity index (χ2n) is 0. The van der Waals surface area contributed by atoms with Gasteiger partial charge in [0, 0.05) is 0 Å². The van der Waals surface area contributed by atoms with E-state index in [1.54, 1.807) is 0 Å². The second kappa shape index (κ2) is 15.8. The fraction of sp³-hybridized carbons (Fsp3) is 0. The summed E-state index contributed by atoms with van der Waals surface area (Å²) in [5, 5.41) is 0. The number of hydrogen-bond donors (Lipinski definition) is 0. The van der Waals surface area contributed by atoms with Crippen LogP contribution >= 0.6 is 35.3 Å². The third-order valence-corrected chi connectivity index (χ3v) is 0. The van der Waals surface area contributed by atoms with E-state index in [2.05, 4.69) is 11.3 Å². The minimum absolute atomic E-state index is 0. The van der Waals surface area contributed by atoms with Crippen LogP contribution in [0.25, 0.3) is 0 Å². The molecule has 0 aromatic heterocycles. The maximum atomic E-state index is 2.34. The summed E-state index contributed by atoms with van der Waals surface area (Å²) in [6, 6.07) is 0. The summed E-state index contributed by atoms with van der Waals surface area (Å²) in [6.07, 6.45) is 0. The molecule has 0 aromatic carbocycles. The van der Waals surface area contributed by atoms with E-state index < -0.39 is 0 Å². The van der Waals surface area contributed by atoms with Crippen LogP contribution in [0.2, 0.25) is 0 Å². The van der Waals surface area contributed by atoms with Gasteiger partial charge in [0.2, 0.25) is 0 Å². The van der Waals surface area contributed by atoms with Crippen molar-refractivity contribution in [1.82, 2.24) is 0 Å². The number of hydrogen-bond acceptors (Lipinski definition) is 0. The van der Waals surface area contributed by atoms with Crippen molar-refractivity contribution in [2.75, 3.05) is 0 Å². The molecule has 0 aliphatic rings. The minimum atomic E-state index is 0. The zero-order valence-electron chi connectivity index (χ0n) is 2.49. The van der Waals surface area contributed by atoms with Crippen LogP contribution in [0.4, 0.5) is 0 Å². The van der Waals surface area contributed by atoms with Crippen molar-refractivity contribution in [1.29, 1.82) is 0 Å². The molecule has 0 nitrogen and oxygen atoms in total. The van der Waals surface area contributed by atoms with Gasteiger partial charge in [0.15, 0.2) is 0 Å².